The first-order valence-electron chi connectivity index (χ1n) is 14.9. The number of piperidine rings is 1. The number of ether oxygens (including phenoxy) is 1. The van der Waals surface area contributed by atoms with Gasteiger partial charge in [0.25, 0.3) is 11.5 Å². The molecule has 2 aromatic heterocycles. The highest BCUT2D eigenvalue weighted by Gasteiger charge is 2.46. The van der Waals surface area contributed by atoms with Crippen molar-refractivity contribution in [2.75, 3.05) is 31.6 Å². The zero-order chi connectivity index (χ0) is 33.3. The zero-order valence-electron chi connectivity index (χ0n) is 25.3. The van der Waals surface area contributed by atoms with Crippen LogP contribution in [0.3, 0.4) is 0 Å². The number of nitrogens with zero attached hydrogens (tertiary/aromatic N) is 5. The van der Waals surface area contributed by atoms with Crippen molar-refractivity contribution < 1.29 is 27.5 Å². The lowest BCUT2D eigenvalue weighted by Crippen LogP contribution is -2.46. The molecule has 1 fully saturated rings. The van der Waals surface area contributed by atoms with E-state index in [0.29, 0.717) is 74.1 Å². The van der Waals surface area contributed by atoms with Gasteiger partial charge in [0.05, 0.1) is 45.5 Å². The maximum Gasteiger partial charge on any atom is 0.416 e. The van der Waals surface area contributed by atoms with Gasteiger partial charge in [0.2, 0.25) is 5.91 Å². The summed E-state index contributed by atoms with van der Waals surface area (Å²) in [6, 6.07) is 7.78. The Morgan fingerprint density at radius 2 is 1.98 bits per heavy atom. The van der Waals surface area contributed by atoms with Crippen molar-refractivity contribution in [3.63, 3.8) is 0 Å². The monoisotopic (exact) mass is 689 g/mol. The van der Waals surface area contributed by atoms with Crippen molar-refractivity contribution in [1.29, 1.82) is 0 Å². The number of fused-ring (bicyclic) bond motifs is 2. The summed E-state index contributed by atoms with van der Waals surface area (Å²) in [5.41, 5.74) is 0.867. The molecule has 0 aliphatic carbocycles. The van der Waals surface area contributed by atoms with Gasteiger partial charge in [0.1, 0.15) is 12.2 Å². The molecule has 5 heterocycles. The quantitative estimate of drug-likeness (QED) is 0.389. The lowest BCUT2D eigenvalue weighted by atomic mass is 9.88. The molecule has 0 saturated carbocycles. The van der Waals surface area contributed by atoms with Crippen LogP contribution in [0.25, 0.3) is 5.57 Å². The standard InChI is InChI=1S/C31H31ClF3N7O4S/c1-40-27(19-7-14-46-15-8-19)39-42(17-25(43)37-22-6-5-20(16-21(22)32)31(33,34)35)29(45)26-24(38-40)18-47-30(26)9-12-41(13-10-30)28(44)23-4-2-3-11-36-23/h2-7,11,16,38H,8-10,12-15,17-18H2,1H3,(H,37,43). The van der Waals surface area contributed by atoms with E-state index in [1.165, 1.54) is 0 Å². The predicted molar refractivity (Wildman–Crippen MR) is 170 cm³/mol. The third-order valence-electron chi connectivity index (χ3n) is 8.39. The lowest BCUT2D eigenvalue weighted by Gasteiger charge is -2.38. The molecule has 6 rings (SSSR count). The molecule has 1 saturated heterocycles. The van der Waals surface area contributed by atoms with Crippen LogP contribution in [0.2, 0.25) is 5.02 Å². The third-order valence-corrected chi connectivity index (χ3v) is 10.3. The van der Waals surface area contributed by atoms with Crippen molar-refractivity contribution in [3.05, 3.63) is 92.4 Å². The average Bonchev–Trinajstić information content (AvgIpc) is 3.39. The SMILES string of the molecule is Cn1[nH]c2c(c(=O)n(CC(=O)Nc3ccc(C(F)(F)F)cc3Cl)nc1C1=CCOCC1)C1(CCN(C(=O)c3ccccn3)CC1)SC2. The number of hydrogen-bond donors (Lipinski definition) is 2. The number of rotatable bonds is 5. The minimum Gasteiger partial charge on any atom is -0.377 e. The largest absolute Gasteiger partial charge is 0.416 e. The molecule has 0 atom stereocenters. The van der Waals surface area contributed by atoms with Crippen molar-refractivity contribution in [2.45, 2.75) is 42.5 Å². The van der Waals surface area contributed by atoms with Crippen LogP contribution in [0.15, 0.2) is 53.5 Å². The van der Waals surface area contributed by atoms with E-state index in [1.54, 1.807) is 52.8 Å². The number of aryl methyl sites for hydroxylation is 1. The number of carbonyl (C=O) groups is 2. The van der Waals surface area contributed by atoms with Crippen LogP contribution in [0, 0.1) is 0 Å². The second kappa shape index (κ2) is 13.2. The second-order valence-electron chi connectivity index (χ2n) is 11.4. The smallest absolute Gasteiger partial charge is 0.377 e. The molecule has 3 aliphatic heterocycles. The number of likely N-dealkylation sites (tertiary alicyclic amines) is 1. The Bertz CT molecular complexity index is 1850. The van der Waals surface area contributed by atoms with E-state index in [0.717, 1.165) is 28.5 Å². The summed E-state index contributed by atoms with van der Waals surface area (Å²) in [5.74, 6) is 0.0443. The number of pyridine rings is 1. The van der Waals surface area contributed by atoms with Gasteiger partial charge in [-0.25, -0.2) is 4.68 Å². The fraction of sp³-hybridized carbons (Fsp3) is 0.387. The molecule has 1 spiro atoms. The van der Waals surface area contributed by atoms with Crippen molar-refractivity contribution >= 4 is 46.4 Å². The van der Waals surface area contributed by atoms with Gasteiger partial charge in [-0.1, -0.05) is 23.7 Å². The molecule has 2 amide bonds. The van der Waals surface area contributed by atoms with Crippen molar-refractivity contribution in [3.8, 4) is 0 Å². The molecular weight excluding hydrogens is 659 g/mol. The minimum absolute atomic E-state index is 0.0305. The van der Waals surface area contributed by atoms with Crippen LogP contribution in [-0.4, -0.2) is 67.6 Å². The topological polar surface area (TPSA) is 127 Å². The number of halogens is 4. The lowest BCUT2D eigenvalue weighted by molar-refractivity contribution is -0.137. The molecule has 1 aromatic carbocycles. The van der Waals surface area contributed by atoms with Gasteiger partial charge in [0, 0.05) is 32.1 Å². The number of hydrogen-bond acceptors (Lipinski definition) is 7. The molecule has 0 radical (unpaired) electrons. The number of alkyl halides is 3. The van der Waals surface area contributed by atoms with Gasteiger partial charge < -0.3 is 20.1 Å². The number of amides is 2. The van der Waals surface area contributed by atoms with E-state index in [4.69, 9.17) is 16.3 Å². The number of benzene rings is 1. The maximum atomic E-state index is 14.5. The summed E-state index contributed by atoms with van der Waals surface area (Å²) in [7, 11) is 1.78. The average molecular weight is 690 g/mol. The molecule has 3 aromatic rings. The molecule has 11 nitrogen and oxygen atoms in total. The van der Waals surface area contributed by atoms with E-state index in [2.05, 4.69) is 20.5 Å². The Morgan fingerprint density at radius 1 is 1.19 bits per heavy atom. The molecule has 3 aliphatic rings. The summed E-state index contributed by atoms with van der Waals surface area (Å²) in [6.07, 6.45) is 0.348. The van der Waals surface area contributed by atoms with Crippen LogP contribution >= 0.6 is 23.4 Å². The number of H-pyrrole nitrogens is 1. The van der Waals surface area contributed by atoms with Crippen LogP contribution in [0.5, 0.6) is 0 Å². The molecule has 2 N–H and O–H groups in total. The predicted octanol–water partition coefficient (Wildman–Crippen LogP) is 4.92. The minimum atomic E-state index is -4.60. The first-order chi connectivity index (χ1) is 22.4. The van der Waals surface area contributed by atoms with E-state index in [1.807, 2.05) is 6.08 Å². The van der Waals surface area contributed by atoms with Crippen LogP contribution in [0.4, 0.5) is 18.9 Å². The summed E-state index contributed by atoms with van der Waals surface area (Å²) in [4.78, 5) is 46.8. The van der Waals surface area contributed by atoms with E-state index in [9.17, 15) is 27.6 Å². The van der Waals surface area contributed by atoms with Gasteiger partial charge >= 0.3 is 6.18 Å². The fourth-order valence-corrected chi connectivity index (χ4v) is 7.69. The molecule has 16 heteroatoms. The van der Waals surface area contributed by atoms with Crippen LogP contribution in [0.1, 0.15) is 52.4 Å². The Morgan fingerprint density at radius 3 is 2.64 bits per heavy atom. The number of nitrogens with one attached hydrogen (secondary N) is 2. The van der Waals surface area contributed by atoms with Crippen molar-refractivity contribution in [1.82, 2.24) is 29.4 Å². The van der Waals surface area contributed by atoms with E-state index < -0.39 is 34.5 Å². The first kappa shape index (κ1) is 32.8. The normalized spacial score (nSPS) is 17.2. The Hall–Kier alpha value is -4.08. The van der Waals surface area contributed by atoms with Crippen LogP contribution in [-0.2, 0) is 39.8 Å². The third kappa shape index (κ3) is 6.83. The van der Waals surface area contributed by atoms with Gasteiger partial charge in [0.15, 0.2) is 5.82 Å². The Kier molecular flexibility index (Phi) is 9.23. The molecule has 47 heavy (non-hydrogen) atoms. The molecule has 248 valence electrons. The summed E-state index contributed by atoms with van der Waals surface area (Å²) < 4.78 is 47.1. The van der Waals surface area contributed by atoms with Crippen molar-refractivity contribution in [2.24, 2.45) is 7.05 Å². The molecular formula is C31H31ClF3N7O4S. The summed E-state index contributed by atoms with van der Waals surface area (Å²) in [5, 5.41) is 10.3. The first-order valence-corrected chi connectivity index (χ1v) is 16.2. The van der Waals surface area contributed by atoms with Crippen LogP contribution < -0.4 is 10.9 Å². The number of anilines is 1. The van der Waals surface area contributed by atoms with Gasteiger partial charge in [-0.2, -0.15) is 13.2 Å². The molecule has 0 unspecified atom stereocenters. The highest BCUT2D eigenvalue weighted by Crippen LogP contribution is 2.51. The van der Waals surface area contributed by atoms with Gasteiger partial charge in [-0.3, -0.25) is 24.0 Å². The summed E-state index contributed by atoms with van der Waals surface area (Å²) >= 11 is 7.70. The van der Waals surface area contributed by atoms with E-state index in [-0.39, 0.29) is 16.6 Å². The number of aromatic amines is 1. The second-order valence-corrected chi connectivity index (χ2v) is 13.2. The Balaban J connectivity index is 1.36. The zero-order valence-corrected chi connectivity index (χ0v) is 26.8. The highest BCUT2D eigenvalue weighted by atomic mass is 35.5. The number of aromatic nitrogens is 5. The van der Waals surface area contributed by atoms with E-state index >= 15 is 0 Å². The fourth-order valence-electron chi connectivity index (χ4n) is 6.01. The summed E-state index contributed by atoms with van der Waals surface area (Å²) in [6.45, 7) is 1.09. The van der Waals surface area contributed by atoms with Gasteiger partial charge in [-0.05, 0) is 55.2 Å². The van der Waals surface area contributed by atoms with Gasteiger partial charge in [-0.15, -0.1) is 16.9 Å². The maximum absolute atomic E-state index is 14.5. The highest BCUT2D eigenvalue weighted by molar-refractivity contribution is 7.99. The molecule has 0 bridgehead atoms. The number of thioether (sulfide) groups is 1. The Labute approximate surface area is 276 Å². The number of carbonyl (C=O) groups excluding carboxylic acids is 2.